The highest BCUT2D eigenvalue weighted by atomic mass is 16.4. The molecule has 0 aromatic heterocycles. The Morgan fingerprint density at radius 1 is 1.64 bits per heavy atom. The number of carbonyl (C=O) groups excluding carboxylic acids is 1. The first-order chi connectivity index (χ1) is 5.15. The summed E-state index contributed by atoms with van der Waals surface area (Å²) in [5.41, 5.74) is 0. The van der Waals surface area contributed by atoms with Crippen LogP contribution in [-0.2, 0) is 9.59 Å². The molecule has 0 bridgehead atoms. The second-order valence-corrected chi connectivity index (χ2v) is 2.55. The van der Waals surface area contributed by atoms with Gasteiger partial charge in [0.25, 0.3) is 0 Å². The molecule has 11 heavy (non-hydrogen) atoms. The van der Waals surface area contributed by atoms with E-state index in [9.17, 15) is 9.59 Å². The Bertz CT molecular complexity index is 181. The number of β-amino-alcohol motifs (C(OH)–C–C–N with tert-alkyl or cyclic N) is 1. The zero-order chi connectivity index (χ0) is 8.43. The van der Waals surface area contributed by atoms with E-state index in [0.29, 0.717) is 6.41 Å². The van der Waals surface area contributed by atoms with Gasteiger partial charge in [0.15, 0.2) is 0 Å². The lowest BCUT2D eigenvalue weighted by atomic mass is 10.2. The highest BCUT2D eigenvalue weighted by Crippen LogP contribution is 2.15. The van der Waals surface area contributed by atoms with E-state index in [0.717, 1.165) is 4.90 Å². The van der Waals surface area contributed by atoms with E-state index >= 15 is 0 Å². The minimum atomic E-state index is -1.06. The van der Waals surface area contributed by atoms with Gasteiger partial charge in [-0.15, -0.1) is 0 Å². The number of aliphatic hydroxyl groups is 1. The highest BCUT2D eigenvalue weighted by molar-refractivity contribution is 5.77. The highest BCUT2D eigenvalue weighted by Gasteiger charge is 2.34. The van der Waals surface area contributed by atoms with Gasteiger partial charge >= 0.3 is 5.97 Å². The van der Waals surface area contributed by atoms with Crippen LogP contribution in [0, 0.1) is 0 Å². The van der Waals surface area contributed by atoms with Crippen molar-refractivity contribution in [2.45, 2.75) is 18.6 Å². The molecule has 1 saturated heterocycles. The second-order valence-electron chi connectivity index (χ2n) is 2.55. The number of carboxylic acid groups (broad SMARTS) is 1. The number of carboxylic acids is 1. The molecule has 5 nitrogen and oxygen atoms in total. The quantitative estimate of drug-likeness (QED) is 0.489. The van der Waals surface area contributed by atoms with Gasteiger partial charge in [0, 0.05) is 13.0 Å². The van der Waals surface area contributed by atoms with E-state index < -0.39 is 18.1 Å². The third-order valence-electron chi connectivity index (χ3n) is 1.74. The van der Waals surface area contributed by atoms with Crippen molar-refractivity contribution in [1.82, 2.24) is 4.90 Å². The van der Waals surface area contributed by atoms with Gasteiger partial charge in [-0.05, 0) is 0 Å². The van der Waals surface area contributed by atoms with Crippen molar-refractivity contribution in [3.8, 4) is 0 Å². The van der Waals surface area contributed by atoms with E-state index in [2.05, 4.69) is 0 Å². The summed E-state index contributed by atoms with van der Waals surface area (Å²) in [6, 6.07) is -0.845. The van der Waals surface area contributed by atoms with Crippen LogP contribution in [0.1, 0.15) is 6.42 Å². The van der Waals surface area contributed by atoms with Crippen molar-refractivity contribution in [2.24, 2.45) is 0 Å². The number of rotatable bonds is 2. The van der Waals surface area contributed by atoms with Crippen molar-refractivity contribution in [2.75, 3.05) is 6.54 Å². The van der Waals surface area contributed by atoms with Gasteiger partial charge in [-0.25, -0.2) is 4.79 Å². The monoisotopic (exact) mass is 159 g/mol. The molecule has 2 atom stereocenters. The Kier molecular flexibility index (Phi) is 2.09. The Labute approximate surface area is 63.2 Å². The lowest BCUT2D eigenvalue weighted by Gasteiger charge is -2.13. The van der Waals surface area contributed by atoms with E-state index in [1.165, 1.54) is 0 Å². The van der Waals surface area contributed by atoms with Crippen molar-refractivity contribution in [1.29, 1.82) is 0 Å². The van der Waals surface area contributed by atoms with Crippen LogP contribution in [0.15, 0.2) is 0 Å². The fourth-order valence-electron chi connectivity index (χ4n) is 1.20. The Morgan fingerprint density at radius 2 is 2.27 bits per heavy atom. The molecule has 2 N–H and O–H groups in total. The zero-order valence-electron chi connectivity index (χ0n) is 5.80. The molecule has 0 saturated carbocycles. The number of hydrogen-bond donors (Lipinski definition) is 2. The number of aliphatic carboxylic acids is 1. The fourth-order valence-corrected chi connectivity index (χ4v) is 1.20. The van der Waals surface area contributed by atoms with Gasteiger partial charge in [0.05, 0.1) is 6.10 Å². The summed E-state index contributed by atoms with van der Waals surface area (Å²) in [6.45, 7) is 0.125. The predicted octanol–water partition coefficient (Wildman–Crippen LogP) is -1.34. The zero-order valence-corrected chi connectivity index (χ0v) is 5.80. The second kappa shape index (κ2) is 2.87. The van der Waals surface area contributed by atoms with Crippen molar-refractivity contribution in [3.63, 3.8) is 0 Å². The molecule has 1 amide bonds. The summed E-state index contributed by atoms with van der Waals surface area (Å²) in [7, 11) is 0. The van der Waals surface area contributed by atoms with Gasteiger partial charge in [0.2, 0.25) is 6.41 Å². The number of likely N-dealkylation sites (tertiary alicyclic amines) is 1. The average molecular weight is 159 g/mol. The van der Waals surface area contributed by atoms with E-state index in [-0.39, 0.29) is 13.0 Å². The Morgan fingerprint density at radius 3 is 2.64 bits per heavy atom. The molecule has 62 valence electrons. The van der Waals surface area contributed by atoms with Crippen LogP contribution in [0.5, 0.6) is 0 Å². The van der Waals surface area contributed by atoms with Gasteiger partial charge in [-0.2, -0.15) is 0 Å². The number of amides is 1. The fraction of sp³-hybridized carbons (Fsp3) is 0.667. The molecule has 1 fully saturated rings. The first-order valence-corrected chi connectivity index (χ1v) is 3.27. The first-order valence-electron chi connectivity index (χ1n) is 3.27. The molecule has 0 radical (unpaired) electrons. The molecule has 0 spiro atoms. The Hall–Kier alpha value is -1.10. The predicted molar refractivity (Wildman–Crippen MR) is 34.8 cm³/mol. The lowest BCUT2D eigenvalue weighted by molar-refractivity contribution is -0.144. The normalized spacial score (nSPS) is 30.5. The SMILES string of the molecule is O=CN1C[C@@H](O)C[C@H]1C(=O)O. The molecular formula is C6H9NO4. The van der Waals surface area contributed by atoms with Crippen LogP contribution in [0.4, 0.5) is 0 Å². The van der Waals surface area contributed by atoms with Gasteiger partial charge in [0.1, 0.15) is 6.04 Å². The third-order valence-corrected chi connectivity index (χ3v) is 1.74. The van der Waals surface area contributed by atoms with Crippen LogP contribution in [0.2, 0.25) is 0 Å². The maximum Gasteiger partial charge on any atom is 0.326 e. The summed E-state index contributed by atoms with van der Waals surface area (Å²) in [4.78, 5) is 21.7. The molecule has 1 rings (SSSR count). The van der Waals surface area contributed by atoms with Crippen LogP contribution >= 0.6 is 0 Å². The molecule has 0 aromatic rings. The summed E-state index contributed by atoms with van der Waals surface area (Å²) in [6.07, 6.45) is -0.107. The lowest BCUT2D eigenvalue weighted by Crippen LogP contribution is -2.34. The maximum atomic E-state index is 10.4. The minimum Gasteiger partial charge on any atom is -0.480 e. The number of aliphatic hydroxyl groups excluding tert-OH is 1. The maximum absolute atomic E-state index is 10.4. The van der Waals surface area contributed by atoms with Crippen molar-refractivity contribution >= 4 is 12.4 Å². The summed E-state index contributed by atoms with van der Waals surface area (Å²) < 4.78 is 0. The Balaban J connectivity index is 2.64. The van der Waals surface area contributed by atoms with Gasteiger partial charge < -0.3 is 15.1 Å². The summed E-state index contributed by atoms with van der Waals surface area (Å²) in [5.74, 6) is -1.06. The van der Waals surface area contributed by atoms with E-state index in [1.807, 2.05) is 0 Å². The van der Waals surface area contributed by atoms with Crippen LogP contribution < -0.4 is 0 Å². The molecule has 0 aliphatic carbocycles. The van der Waals surface area contributed by atoms with Crippen molar-refractivity contribution in [3.05, 3.63) is 0 Å². The van der Waals surface area contributed by atoms with Crippen molar-refractivity contribution < 1.29 is 19.8 Å². The number of carbonyl (C=O) groups is 2. The molecule has 0 unspecified atom stereocenters. The molecule has 0 aromatic carbocycles. The van der Waals surface area contributed by atoms with E-state index in [4.69, 9.17) is 10.2 Å². The minimum absolute atomic E-state index is 0.125. The number of nitrogens with zero attached hydrogens (tertiary/aromatic N) is 1. The molecule has 5 heteroatoms. The molecular weight excluding hydrogens is 150 g/mol. The standard InChI is InChI=1S/C6H9NO4/c8-3-7-2-4(9)1-5(7)6(10)11/h3-5,9H,1-2H2,(H,10,11)/t4-,5-/m0/s1. The largest absolute Gasteiger partial charge is 0.480 e. The average Bonchev–Trinajstić information content (AvgIpc) is 2.30. The smallest absolute Gasteiger partial charge is 0.326 e. The third kappa shape index (κ3) is 1.48. The van der Waals surface area contributed by atoms with Crippen LogP contribution in [0.25, 0.3) is 0 Å². The van der Waals surface area contributed by atoms with Gasteiger partial charge in [-0.1, -0.05) is 0 Å². The topological polar surface area (TPSA) is 77.8 Å². The van der Waals surface area contributed by atoms with Crippen LogP contribution in [0.3, 0.4) is 0 Å². The first kappa shape index (κ1) is 8.00. The van der Waals surface area contributed by atoms with E-state index in [1.54, 1.807) is 0 Å². The number of hydrogen-bond acceptors (Lipinski definition) is 3. The van der Waals surface area contributed by atoms with Gasteiger partial charge in [-0.3, -0.25) is 4.79 Å². The summed E-state index contributed by atoms with van der Waals surface area (Å²) >= 11 is 0. The van der Waals surface area contributed by atoms with Crippen LogP contribution in [-0.4, -0.2) is 46.2 Å². The summed E-state index contributed by atoms with van der Waals surface area (Å²) in [5, 5.41) is 17.5. The molecule has 1 heterocycles. The molecule has 1 aliphatic rings. The molecule has 1 aliphatic heterocycles.